The quantitative estimate of drug-likeness (QED) is 0.615. The van der Waals surface area contributed by atoms with E-state index in [1.165, 1.54) is 22.9 Å². The van der Waals surface area contributed by atoms with Crippen LogP contribution in [0.4, 0.5) is 10.5 Å². The van der Waals surface area contributed by atoms with Gasteiger partial charge in [-0.15, -0.1) is 0 Å². The lowest BCUT2D eigenvalue weighted by molar-refractivity contribution is 0.0948. The Bertz CT molecular complexity index is 994. The predicted octanol–water partition coefficient (Wildman–Crippen LogP) is 3.99. The van der Waals surface area contributed by atoms with E-state index in [1.54, 1.807) is 17.0 Å². The molecule has 0 saturated heterocycles. The van der Waals surface area contributed by atoms with E-state index in [9.17, 15) is 9.59 Å². The number of nitrogens with one attached hydrogen (secondary N) is 2. The molecule has 0 bridgehead atoms. The Morgan fingerprint density at radius 3 is 2.27 bits per heavy atom. The molecule has 0 unspecified atom stereocenters. The first-order valence-electron chi connectivity index (χ1n) is 10.1. The summed E-state index contributed by atoms with van der Waals surface area (Å²) < 4.78 is 0. The summed E-state index contributed by atoms with van der Waals surface area (Å²) in [4.78, 5) is 30.7. The molecule has 3 aromatic rings. The number of carbonyl (C=O) groups excluding carboxylic acids is 2. The molecule has 1 aliphatic rings. The van der Waals surface area contributed by atoms with Gasteiger partial charge in [-0.3, -0.25) is 4.79 Å². The number of hydrogen-bond acceptors (Lipinski definition) is 3. The number of carbonyl (C=O) groups is 2. The third kappa shape index (κ3) is 4.84. The van der Waals surface area contributed by atoms with Gasteiger partial charge in [0.05, 0.1) is 11.9 Å². The van der Waals surface area contributed by atoms with Gasteiger partial charge in [-0.1, -0.05) is 54.6 Å². The molecule has 6 heteroatoms. The Labute approximate surface area is 175 Å². The molecule has 0 fully saturated rings. The molecule has 0 saturated carbocycles. The fraction of sp³-hybridized carbons (Fsp3) is 0.208. The lowest BCUT2D eigenvalue weighted by Crippen LogP contribution is -2.30. The van der Waals surface area contributed by atoms with Crippen LogP contribution in [0.25, 0.3) is 0 Å². The van der Waals surface area contributed by atoms with Gasteiger partial charge in [0.2, 0.25) is 0 Å². The molecular weight excluding hydrogens is 376 g/mol. The van der Waals surface area contributed by atoms with Gasteiger partial charge < -0.3 is 15.5 Å². The molecule has 2 aromatic carbocycles. The van der Waals surface area contributed by atoms with Crippen LogP contribution in [-0.4, -0.2) is 28.4 Å². The van der Waals surface area contributed by atoms with Gasteiger partial charge in [-0.25, -0.2) is 9.78 Å². The number of fused-ring (bicyclic) bond motifs is 1. The largest absolute Gasteiger partial charge is 0.351 e. The standard InChI is InChI=1S/C24H24N4O2/c29-23(25-14-6-9-18-7-2-1-3-8-18)22-13-12-21(15-26-22)27-24(30)28-16-19-10-4-5-11-20(19)17-28/h1-5,7-8,10-13,15H,6,9,14,16-17H2,(H,25,29)(H,27,30). The zero-order chi connectivity index (χ0) is 20.8. The minimum absolute atomic E-state index is 0.175. The number of aryl methyl sites for hydroxylation is 1. The molecule has 0 aliphatic carbocycles. The Balaban J connectivity index is 1.23. The van der Waals surface area contributed by atoms with Gasteiger partial charge in [0.15, 0.2) is 0 Å². The average Bonchev–Trinajstić information content (AvgIpc) is 3.22. The smallest absolute Gasteiger partial charge is 0.322 e. The number of urea groups is 1. The third-order valence-electron chi connectivity index (χ3n) is 5.15. The summed E-state index contributed by atoms with van der Waals surface area (Å²) in [6, 6.07) is 21.4. The number of hydrogen-bond donors (Lipinski definition) is 2. The van der Waals surface area contributed by atoms with Crippen molar-refractivity contribution in [2.24, 2.45) is 0 Å². The summed E-state index contributed by atoms with van der Waals surface area (Å²) >= 11 is 0. The SMILES string of the molecule is O=C(NCCCc1ccccc1)c1ccc(NC(=O)N2Cc3ccccc3C2)cn1. The molecule has 4 rings (SSSR count). The second-order valence-corrected chi connectivity index (χ2v) is 7.33. The van der Waals surface area contributed by atoms with E-state index in [2.05, 4.69) is 27.8 Å². The molecule has 3 amide bonds. The summed E-state index contributed by atoms with van der Waals surface area (Å²) in [5.41, 5.74) is 4.50. The van der Waals surface area contributed by atoms with Crippen molar-refractivity contribution in [1.29, 1.82) is 0 Å². The zero-order valence-corrected chi connectivity index (χ0v) is 16.7. The van der Waals surface area contributed by atoms with Crippen LogP contribution in [-0.2, 0) is 19.5 Å². The van der Waals surface area contributed by atoms with E-state index >= 15 is 0 Å². The molecular formula is C24H24N4O2. The normalized spacial score (nSPS) is 12.3. The maximum Gasteiger partial charge on any atom is 0.322 e. The van der Waals surface area contributed by atoms with E-state index < -0.39 is 0 Å². The van der Waals surface area contributed by atoms with Crippen molar-refractivity contribution in [3.63, 3.8) is 0 Å². The molecule has 2 N–H and O–H groups in total. The first kappa shape index (κ1) is 19.6. The topological polar surface area (TPSA) is 74.3 Å². The van der Waals surface area contributed by atoms with Gasteiger partial charge in [0.1, 0.15) is 5.69 Å². The molecule has 30 heavy (non-hydrogen) atoms. The number of aromatic nitrogens is 1. The molecule has 1 aliphatic heterocycles. The average molecular weight is 400 g/mol. The molecule has 2 heterocycles. The van der Waals surface area contributed by atoms with Crippen molar-refractivity contribution in [1.82, 2.24) is 15.2 Å². The number of nitrogens with zero attached hydrogens (tertiary/aromatic N) is 2. The van der Waals surface area contributed by atoms with Crippen molar-refractivity contribution in [3.05, 3.63) is 95.3 Å². The summed E-state index contributed by atoms with van der Waals surface area (Å²) in [7, 11) is 0. The Morgan fingerprint density at radius 2 is 1.60 bits per heavy atom. The van der Waals surface area contributed by atoms with Crippen LogP contribution in [0.1, 0.15) is 33.6 Å². The Hall–Kier alpha value is -3.67. The van der Waals surface area contributed by atoms with Crippen LogP contribution in [0.15, 0.2) is 72.9 Å². The van der Waals surface area contributed by atoms with E-state index in [4.69, 9.17) is 0 Å². The van der Waals surface area contributed by atoms with Crippen LogP contribution >= 0.6 is 0 Å². The van der Waals surface area contributed by atoms with Gasteiger partial charge in [0, 0.05) is 19.6 Å². The number of anilines is 1. The molecule has 0 atom stereocenters. The number of amides is 3. The first-order valence-corrected chi connectivity index (χ1v) is 10.1. The predicted molar refractivity (Wildman–Crippen MR) is 116 cm³/mol. The van der Waals surface area contributed by atoms with Crippen LogP contribution in [0.5, 0.6) is 0 Å². The summed E-state index contributed by atoms with van der Waals surface area (Å²) in [6.07, 6.45) is 3.29. The second kappa shape index (κ2) is 9.22. The van der Waals surface area contributed by atoms with E-state index in [0.29, 0.717) is 31.0 Å². The van der Waals surface area contributed by atoms with Gasteiger partial charge >= 0.3 is 6.03 Å². The third-order valence-corrected chi connectivity index (χ3v) is 5.15. The molecule has 0 radical (unpaired) electrons. The molecule has 0 spiro atoms. The monoisotopic (exact) mass is 400 g/mol. The first-order chi connectivity index (χ1) is 14.7. The molecule has 1 aromatic heterocycles. The van der Waals surface area contributed by atoms with Crippen molar-refractivity contribution >= 4 is 17.6 Å². The molecule has 6 nitrogen and oxygen atoms in total. The van der Waals surface area contributed by atoms with Crippen LogP contribution < -0.4 is 10.6 Å². The highest BCUT2D eigenvalue weighted by molar-refractivity contribution is 5.93. The van der Waals surface area contributed by atoms with Gasteiger partial charge in [-0.2, -0.15) is 0 Å². The van der Waals surface area contributed by atoms with E-state index in [-0.39, 0.29) is 11.9 Å². The van der Waals surface area contributed by atoms with E-state index in [1.807, 2.05) is 42.5 Å². The van der Waals surface area contributed by atoms with Gasteiger partial charge in [0.25, 0.3) is 5.91 Å². The highest BCUT2D eigenvalue weighted by Gasteiger charge is 2.22. The minimum atomic E-state index is -0.212. The lowest BCUT2D eigenvalue weighted by atomic mass is 10.1. The van der Waals surface area contributed by atoms with Crippen LogP contribution in [0.2, 0.25) is 0 Å². The Kier molecular flexibility index (Phi) is 6.03. The fourth-order valence-electron chi connectivity index (χ4n) is 3.51. The van der Waals surface area contributed by atoms with E-state index in [0.717, 1.165) is 12.8 Å². The van der Waals surface area contributed by atoms with Crippen molar-refractivity contribution in [2.75, 3.05) is 11.9 Å². The maximum absolute atomic E-state index is 12.5. The van der Waals surface area contributed by atoms with Crippen LogP contribution in [0.3, 0.4) is 0 Å². The fourth-order valence-corrected chi connectivity index (χ4v) is 3.51. The van der Waals surface area contributed by atoms with Crippen LogP contribution in [0, 0.1) is 0 Å². The summed E-state index contributed by atoms with van der Waals surface area (Å²) in [6.45, 7) is 1.78. The van der Waals surface area contributed by atoms with Gasteiger partial charge in [-0.05, 0) is 41.7 Å². The van der Waals surface area contributed by atoms with Crippen molar-refractivity contribution < 1.29 is 9.59 Å². The van der Waals surface area contributed by atoms with Crippen molar-refractivity contribution in [3.8, 4) is 0 Å². The Morgan fingerprint density at radius 1 is 0.900 bits per heavy atom. The lowest BCUT2D eigenvalue weighted by Gasteiger charge is -2.16. The molecule has 152 valence electrons. The number of rotatable bonds is 6. The minimum Gasteiger partial charge on any atom is -0.351 e. The maximum atomic E-state index is 12.5. The number of benzene rings is 2. The highest BCUT2D eigenvalue weighted by Crippen LogP contribution is 2.23. The number of pyridine rings is 1. The summed E-state index contributed by atoms with van der Waals surface area (Å²) in [5, 5.41) is 5.74. The highest BCUT2D eigenvalue weighted by atomic mass is 16.2. The summed E-state index contributed by atoms with van der Waals surface area (Å²) in [5.74, 6) is -0.212. The van der Waals surface area contributed by atoms with Crippen molar-refractivity contribution in [2.45, 2.75) is 25.9 Å². The second-order valence-electron chi connectivity index (χ2n) is 7.33. The zero-order valence-electron chi connectivity index (χ0n) is 16.7.